The summed E-state index contributed by atoms with van der Waals surface area (Å²) in [6, 6.07) is 9.25. The molecule has 0 spiro atoms. The Morgan fingerprint density at radius 1 is 1.44 bits per heavy atom. The second kappa shape index (κ2) is 5.18. The highest BCUT2D eigenvalue weighted by Crippen LogP contribution is 2.28. The number of aryl methyl sites for hydroxylation is 1. The average molecular weight is 213 g/mol. The summed E-state index contributed by atoms with van der Waals surface area (Å²) in [7, 11) is 2.02. The highest BCUT2D eigenvalue weighted by molar-refractivity contribution is 5.30. The molecule has 1 aliphatic carbocycles. The van der Waals surface area contributed by atoms with Crippen LogP contribution in [0.1, 0.15) is 24.0 Å². The van der Waals surface area contributed by atoms with E-state index in [0.717, 1.165) is 6.42 Å². The predicted molar refractivity (Wildman–Crippen MR) is 68.3 cm³/mol. The van der Waals surface area contributed by atoms with Crippen molar-refractivity contribution in [3.63, 3.8) is 0 Å². The standard InChI is InChI=1S/C15H19N/c1-3-6-15(16-2)14-10-9-12-7-4-5-8-13(12)11-14/h1,4-5,7-8,14-16H,6,9-11H2,2H3. The monoisotopic (exact) mass is 213 g/mol. The molecular formula is C15H19N. The van der Waals surface area contributed by atoms with Gasteiger partial charge in [0.25, 0.3) is 0 Å². The Balaban J connectivity index is 2.10. The molecule has 2 rings (SSSR count). The third kappa shape index (κ3) is 2.28. The van der Waals surface area contributed by atoms with Gasteiger partial charge in [-0.25, -0.2) is 0 Å². The molecule has 0 amide bonds. The molecule has 1 heteroatoms. The van der Waals surface area contributed by atoms with E-state index in [9.17, 15) is 0 Å². The third-order valence-corrected chi connectivity index (χ3v) is 3.66. The number of terminal acetylenes is 1. The topological polar surface area (TPSA) is 12.0 Å². The summed E-state index contributed by atoms with van der Waals surface area (Å²) in [5, 5.41) is 3.36. The average Bonchev–Trinajstić information content (AvgIpc) is 2.35. The van der Waals surface area contributed by atoms with E-state index in [1.54, 1.807) is 0 Å². The van der Waals surface area contributed by atoms with Gasteiger partial charge < -0.3 is 5.32 Å². The summed E-state index contributed by atoms with van der Waals surface area (Å²) in [4.78, 5) is 0. The van der Waals surface area contributed by atoms with Crippen LogP contribution in [0.3, 0.4) is 0 Å². The summed E-state index contributed by atoms with van der Waals surface area (Å²) < 4.78 is 0. The second-order valence-electron chi connectivity index (χ2n) is 4.58. The number of benzene rings is 1. The van der Waals surface area contributed by atoms with Gasteiger partial charge in [0.05, 0.1) is 0 Å². The zero-order chi connectivity index (χ0) is 11.4. The lowest BCUT2D eigenvalue weighted by Gasteiger charge is -2.30. The molecule has 2 atom stereocenters. The van der Waals surface area contributed by atoms with Gasteiger partial charge in [0.1, 0.15) is 0 Å². The van der Waals surface area contributed by atoms with Crippen molar-refractivity contribution in [1.29, 1.82) is 0 Å². The molecule has 1 aromatic carbocycles. The van der Waals surface area contributed by atoms with Crippen LogP contribution in [-0.4, -0.2) is 13.1 Å². The van der Waals surface area contributed by atoms with Crippen LogP contribution in [0.25, 0.3) is 0 Å². The molecule has 16 heavy (non-hydrogen) atoms. The SMILES string of the molecule is C#CCC(NC)C1CCc2ccccc2C1. The predicted octanol–water partition coefficient (Wildman–Crippen LogP) is 2.40. The van der Waals surface area contributed by atoms with Crippen molar-refractivity contribution in [3.05, 3.63) is 35.4 Å². The van der Waals surface area contributed by atoms with Gasteiger partial charge in [-0.15, -0.1) is 12.3 Å². The number of hydrogen-bond acceptors (Lipinski definition) is 1. The summed E-state index contributed by atoms with van der Waals surface area (Å²) in [5.74, 6) is 3.47. The zero-order valence-electron chi connectivity index (χ0n) is 9.87. The number of fused-ring (bicyclic) bond motifs is 1. The van der Waals surface area contributed by atoms with Crippen LogP contribution in [0.5, 0.6) is 0 Å². The van der Waals surface area contributed by atoms with Crippen molar-refractivity contribution < 1.29 is 0 Å². The van der Waals surface area contributed by atoms with Crippen LogP contribution in [0.2, 0.25) is 0 Å². The fourth-order valence-electron chi connectivity index (χ4n) is 2.70. The molecule has 0 saturated carbocycles. The van der Waals surface area contributed by atoms with Crippen LogP contribution in [0.15, 0.2) is 24.3 Å². The Kier molecular flexibility index (Phi) is 3.64. The Hall–Kier alpha value is -1.26. The molecule has 1 N–H and O–H groups in total. The largest absolute Gasteiger partial charge is 0.316 e. The van der Waals surface area contributed by atoms with Gasteiger partial charge >= 0.3 is 0 Å². The van der Waals surface area contributed by atoms with E-state index in [4.69, 9.17) is 6.42 Å². The smallest absolute Gasteiger partial charge is 0.0243 e. The number of nitrogens with one attached hydrogen (secondary N) is 1. The summed E-state index contributed by atoms with van der Waals surface area (Å²) >= 11 is 0. The van der Waals surface area contributed by atoms with Crippen molar-refractivity contribution in [3.8, 4) is 12.3 Å². The van der Waals surface area contributed by atoms with E-state index in [-0.39, 0.29) is 0 Å². The fourth-order valence-corrected chi connectivity index (χ4v) is 2.70. The molecule has 0 heterocycles. The van der Waals surface area contributed by atoms with Crippen molar-refractivity contribution in [2.45, 2.75) is 31.7 Å². The maximum absolute atomic E-state index is 5.42. The zero-order valence-corrected chi connectivity index (χ0v) is 9.87. The Morgan fingerprint density at radius 3 is 2.88 bits per heavy atom. The minimum Gasteiger partial charge on any atom is -0.316 e. The molecule has 0 fully saturated rings. The van der Waals surface area contributed by atoms with Crippen molar-refractivity contribution >= 4 is 0 Å². The lowest BCUT2D eigenvalue weighted by Crippen LogP contribution is -2.36. The highest BCUT2D eigenvalue weighted by Gasteiger charge is 2.24. The van der Waals surface area contributed by atoms with Gasteiger partial charge in [-0.1, -0.05) is 24.3 Å². The fraction of sp³-hybridized carbons (Fsp3) is 0.467. The van der Waals surface area contributed by atoms with Crippen molar-refractivity contribution in [2.24, 2.45) is 5.92 Å². The lowest BCUT2D eigenvalue weighted by molar-refractivity contribution is 0.339. The third-order valence-electron chi connectivity index (χ3n) is 3.66. The minimum absolute atomic E-state index is 0.471. The normalized spacial score (nSPS) is 20.9. The van der Waals surface area contributed by atoms with E-state index >= 15 is 0 Å². The van der Waals surface area contributed by atoms with E-state index in [0.29, 0.717) is 12.0 Å². The van der Waals surface area contributed by atoms with Crippen molar-refractivity contribution in [2.75, 3.05) is 7.05 Å². The van der Waals surface area contributed by atoms with Gasteiger partial charge in [-0.05, 0) is 43.4 Å². The highest BCUT2D eigenvalue weighted by atomic mass is 14.9. The van der Waals surface area contributed by atoms with Crippen LogP contribution in [0.4, 0.5) is 0 Å². The molecule has 1 aliphatic rings. The summed E-state index contributed by atoms with van der Waals surface area (Å²) in [6.07, 6.45) is 9.88. The van der Waals surface area contributed by atoms with E-state index in [2.05, 4.69) is 35.5 Å². The first-order chi connectivity index (χ1) is 7.85. The first kappa shape index (κ1) is 11.2. The molecule has 1 aromatic rings. The van der Waals surface area contributed by atoms with Crippen LogP contribution in [0, 0.1) is 18.3 Å². The second-order valence-corrected chi connectivity index (χ2v) is 4.58. The first-order valence-corrected chi connectivity index (χ1v) is 6.02. The Labute approximate surface area is 98.3 Å². The quantitative estimate of drug-likeness (QED) is 0.760. The molecule has 0 bridgehead atoms. The van der Waals surface area contributed by atoms with Gasteiger partial charge in [0.2, 0.25) is 0 Å². The molecule has 0 radical (unpaired) electrons. The minimum atomic E-state index is 0.471. The maximum atomic E-state index is 5.42. The molecule has 0 saturated heterocycles. The van der Waals surface area contributed by atoms with Crippen LogP contribution in [-0.2, 0) is 12.8 Å². The summed E-state index contributed by atoms with van der Waals surface area (Å²) in [5.41, 5.74) is 3.03. The molecule has 2 unspecified atom stereocenters. The number of hydrogen-bond donors (Lipinski definition) is 1. The summed E-state index contributed by atoms with van der Waals surface area (Å²) in [6.45, 7) is 0. The lowest BCUT2D eigenvalue weighted by atomic mass is 9.79. The van der Waals surface area contributed by atoms with Crippen LogP contribution >= 0.6 is 0 Å². The molecule has 0 aliphatic heterocycles. The van der Waals surface area contributed by atoms with Gasteiger partial charge in [-0.2, -0.15) is 0 Å². The van der Waals surface area contributed by atoms with Crippen LogP contribution < -0.4 is 5.32 Å². The van der Waals surface area contributed by atoms with Gasteiger partial charge in [0, 0.05) is 12.5 Å². The number of rotatable bonds is 3. The first-order valence-electron chi connectivity index (χ1n) is 6.02. The van der Waals surface area contributed by atoms with E-state index < -0.39 is 0 Å². The molecule has 84 valence electrons. The molecule has 1 nitrogen and oxygen atoms in total. The molecule has 0 aromatic heterocycles. The van der Waals surface area contributed by atoms with Gasteiger partial charge in [-0.3, -0.25) is 0 Å². The Morgan fingerprint density at radius 2 is 2.19 bits per heavy atom. The van der Waals surface area contributed by atoms with E-state index in [1.807, 2.05) is 7.05 Å². The Bertz CT molecular complexity index is 389. The van der Waals surface area contributed by atoms with Gasteiger partial charge in [0.15, 0.2) is 0 Å². The maximum Gasteiger partial charge on any atom is 0.0243 e. The molecular weight excluding hydrogens is 194 g/mol. The van der Waals surface area contributed by atoms with E-state index in [1.165, 1.54) is 30.4 Å². The van der Waals surface area contributed by atoms with Crippen molar-refractivity contribution in [1.82, 2.24) is 5.32 Å².